The highest BCUT2D eigenvalue weighted by Gasteiger charge is 2.22. The van der Waals surface area contributed by atoms with Crippen molar-refractivity contribution in [1.29, 1.82) is 0 Å². The van der Waals surface area contributed by atoms with Crippen molar-refractivity contribution in [3.63, 3.8) is 0 Å². The van der Waals surface area contributed by atoms with E-state index in [-0.39, 0.29) is 16.9 Å². The van der Waals surface area contributed by atoms with Gasteiger partial charge in [0.25, 0.3) is 0 Å². The molecule has 1 unspecified atom stereocenters. The molecule has 2 rings (SSSR count). The van der Waals surface area contributed by atoms with Crippen molar-refractivity contribution in [3.8, 4) is 11.5 Å². The molecular weight excluding hydrogens is 362 g/mol. The lowest BCUT2D eigenvalue weighted by Gasteiger charge is -2.21. The summed E-state index contributed by atoms with van der Waals surface area (Å²) in [6.45, 7) is 9.82. The number of hydrogen-bond donors (Lipinski definition) is 1. The Balaban J connectivity index is 2.37. The summed E-state index contributed by atoms with van der Waals surface area (Å²) in [5.41, 5.74) is 3.76. The van der Waals surface area contributed by atoms with E-state index in [4.69, 9.17) is 9.47 Å². The molecule has 0 aliphatic carbocycles. The Labute approximate surface area is 162 Å². The number of rotatable bonds is 7. The van der Waals surface area contributed by atoms with Crippen molar-refractivity contribution < 1.29 is 17.9 Å². The van der Waals surface area contributed by atoms with Gasteiger partial charge in [-0.2, -0.15) is 0 Å². The molecule has 0 spiro atoms. The molecule has 2 aromatic carbocycles. The number of sulfonamides is 1. The molecule has 1 N–H and O–H groups in total. The van der Waals surface area contributed by atoms with Crippen LogP contribution in [0.25, 0.3) is 0 Å². The van der Waals surface area contributed by atoms with Gasteiger partial charge in [-0.1, -0.05) is 13.8 Å². The third-order valence-electron chi connectivity index (χ3n) is 4.72. The summed E-state index contributed by atoms with van der Waals surface area (Å²) in [6.07, 6.45) is 0. The topological polar surface area (TPSA) is 64.6 Å². The summed E-state index contributed by atoms with van der Waals surface area (Å²) in [7, 11) is -0.441. The smallest absolute Gasteiger partial charge is 0.241 e. The molecule has 5 nitrogen and oxygen atoms in total. The van der Waals surface area contributed by atoms with Crippen molar-refractivity contribution >= 4 is 10.0 Å². The molecule has 0 aliphatic rings. The second-order valence-corrected chi connectivity index (χ2v) is 8.79. The maximum absolute atomic E-state index is 12.8. The Morgan fingerprint density at radius 1 is 0.852 bits per heavy atom. The molecule has 0 amide bonds. The van der Waals surface area contributed by atoms with Gasteiger partial charge in [0.05, 0.1) is 19.1 Å². The van der Waals surface area contributed by atoms with Crippen LogP contribution in [0.15, 0.2) is 35.2 Å². The molecule has 148 valence electrons. The van der Waals surface area contributed by atoms with Gasteiger partial charge in [0.15, 0.2) is 0 Å². The quantitative estimate of drug-likeness (QED) is 0.756. The monoisotopic (exact) mass is 391 g/mol. The van der Waals surface area contributed by atoms with E-state index in [9.17, 15) is 8.42 Å². The molecule has 0 radical (unpaired) electrons. The highest BCUT2D eigenvalue weighted by Crippen LogP contribution is 2.32. The van der Waals surface area contributed by atoms with Crippen LogP contribution in [0.2, 0.25) is 0 Å². The average molecular weight is 392 g/mol. The van der Waals surface area contributed by atoms with Crippen LogP contribution in [-0.4, -0.2) is 22.6 Å². The predicted molar refractivity (Wildman–Crippen MR) is 108 cm³/mol. The summed E-state index contributed by atoms with van der Waals surface area (Å²) in [6, 6.07) is 8.47. The van der Waals surface area contributed by atoms with Gasteiger partial charge < -0.3 is 9.47 Å². The third-order valence-corrected chi connectivity index (χ3v) is 6.25. The van der Waals surface area contributed by atoms with Crippen molar-refractivity contribution in [3.05, 3.63) is 52.6 Å². The number of aryl methyl sites for hydroxylation is 2. The molecule has 27 heavy (non-hydrogen) atoms. The normalized spacial score (nSPS) is 12.9. The van der Waals surface area contributed by atoms with E-state index >= 15 is 0 Å². The first-order valence-electron chi connectivity index (χ1n) is 8.96. The zero-order valence-corrected chi connectivity index (χ0v) is 17.9. The predicted octanol–water partition coefficient (Wildman–Crippen LogP) is 4.48. The lowest BCUT2D eigenvalue weighted by atomic mass is 9.94. The molecule has 2 aromatic rings. The molecule has 0 aliphatic heterocycles. The maximum atomic E-state index is 12.8. The first-order chi connectivity index (χ1) is 12.6. The first-order valence-corrected chi connectivity index (χ1v) is 10.4. The summed E-state index contributed by atoms with van der Waals surface area (Å²) in [5, 5.41) is 0. The van der Waals surface area contributed by atoms with Gasteiger partial charge in [0, 0.05) is 6.04 Å². The molecule has 0 aromatic heterocycles. The van der Waals surface area contributed by atoms with Crippen LogP contribution in [0.1, 0.15) is 55.0 Å². The Bertz CT molecular complexity index is 920. The SMILES string of the molecule is COc1ccc(S(=O)(=O)NC(C)c2cc(C(C)C)c(OC)cc2C)cc1C. The van der Waals surface area contributed by atoms with Gasteiger partial charge in [-0.05, 0) is 79.3 Å². The Kier molecular flexibility index (Phi) is 6.54. The lowest BCUT2D eigenvalue weighted by molar-refractivity contribution is 0.406. The molecule has 0 saturated heterocycles. The Hall–Kier alpha value is -2.05. The van der Waals surface area contributed by atoms with Gasteiger partial charge in [-0.25, -0.2) is 13.1 Å². The second kappa shape index (κ2) is 8.31. The summed E-state index contributed by atoms with van der Waals surface area (Å²) >= 11 is 0. The fourth-order valence-corrected chi connectivity index (χ4v) is 4.50. The molecule has 0 fully saturated rings. The Morgan fingerprint density at radius 3 is 2.00 bits per heavy atom. The van der Waals surface area contributed by atoms with E-state index in [0.717, 1.165) is 28.0 Å². The van der Waals surface area contributed by atoms with Gasteiger partial charge in [-0.3, -0.25) is 0 Å². The minimum absolute atomic E-state index is 0.225. The van der Waals surface area contributed by atoms with E-state index in [1.807, 2.05) is 32.9 Å². The second-order valence-electron chi connectivity index (χ2n) is 7.08. The van der Waals surface area contributed by atoms with Crippen LogP contribution in [0.5, 0.6) is 11.5 Å². The van der Waals surface area contributed by atoms with Gasteiger partial charge >= 0.3 is 0 Å². The number of nitrogens with one attached hydrogen (secondary N) is 1. The van der Waals surface area contributed by atoms with Crippen molar-refractivity contribution in [2.75, 3.05) is 14.2 Å². The summed E-state index contributed by atoms with van der Waals surface area (Å²) < 4.78 is 39.2. The average Bonchev–Trinajstić information content (AvgIpc) is 2.60. The number of methoxy groups -OCH3 is 2. The van der Waals surface area contributed by atoms with Crippen LogP contribution in [-0.2, 0) is 10.0 Å². The molecule has 6 heteroatoms. The number of hydrogen-bond acceptors (Lipinski definition) is 4. The van der Waals surface area contributed by atoms with Crippen LogP contribution >= 0.6 is 0 Å². The fourth-order valence-electron chi connectivity index (χ4n) is 3.19. The molecule has 0 saturated carbocycles. The van der Waals surface area contributed by atoms with Crippen molar-refractivity contribution in [2.24, 2.45) is 0 Å². The first kappa shape index (κ1) is 21.3. The van der Waals surface area contributed by atoms with Gasteiger partial charge in [0.2, 0.25) is 10.0 Å². The minimum atomic E-state index is -3.66. The lowest BCUT2D eigenvalue weighted by Crippen LogP contribution is -2.27. The van der Waals surface area contributed by atoms with Crippen LogP contribution in [0, 0.1) is 13.8 Å². The van der Waals surface area contributed by atoms with E-state index in [1.165, 1.54) is 0 Å². The zero-order chi connectivity index (χ0) is 20.4. The van der Waals surface area contributed by atoms with Crippen molar-refractivity contribution in [2.45, 2.75) is 51.5 Å². The molecule has 1 atom stereocenters. The van der Waals surface area contributed by atoms with Crippen LogP contribution < -0.4 is 14.2 Å². The molecule has 0 bridgehead atoms. The largest absolute Gasteiger partial charge is 0.496 e. The van der Waals surface area contributed by atoms with E-state index in [1.54, 1.807) is 32.4 Å². The van der Waals surface area contributed by atoms with Gasteiger partial charge in [-0.15, -0.1) is 0 Å². The zero-order valence-electron chi connectivity index (χ0n) is 17.1. The van der Waals surface area contributed by atoms with E-state index < -0.39 is 10.0 Å². The van der Waals surface area contributed by atoms with Crippen LogP contribution in [0.3, 0.4) is 0 Å². The van der Waals surface area contributed by atoms with Crippen molar-refractivity contribution in [1.82, 2.24) is 4.72 Å². The molecular formula is C21H29NO4S. The number of ether oxygens (including phenoxy) is 2. The summed E-state index contributed by atoms with van der Waals surface area (Å²) in [4.78, 5) is 0.225. The van der Waals surface area contributed by atoms with Gasteiger partial charge in [0.1, 0.15) is 11.5 Å². The Morgan fingerprint density at radius 2 is 1.48 bits per heavy atom. The highest BCUT2D eigenvalue weighted by molar-refractivity contribution is 7.89. The maximum Gasteiger partial charge on any atom is 0.241 e. The fraction of sp³-hybridized carbons (Fsp3) is 0.429. The molecule has 0 heterocycles. The minimum Gasteiger partial charge on any atom is -0.496 e. The van der Waals surface area contributed by atoms with E-state index in [0.29, 0.717) is 5.75 Å². The van der Waals surface area contributed by atoms with E-state index in [2.05, 4.69) is 18.6 Å². The third kappa shape index (κ3) is 4.62. The number of benzene rings is 2. The highest BCUT2D eigenvalue weighted by atomic mass is 32.2. The standard InChI is InChI=1S/C21H29NO4S/c1-13(2)18-12-19(14(3)11-21(18)26-7)16(5)22-27(23,24)17-8-9-20(25-6)15(4)10-17/h8-13,16,22H,1-7H3. The summed E-state index contributed by atoms with van der Waals surface area (Å²) in [5.74, 6) is 1.76. The van der Waals surface area contributed by atoms with Crippen LogP contribution in [0.4, 0.5) is 0 Å².